The highest BCUT2D eigenvalue weighted by atomic mass is 16.5. The molecule has 2 rings (SSSR count). The third-order valence-electron chi connectivity index (χ3n) is 3.18. The molecule has 0 atom stereocenters. The van der Waals surface area contributed by atoms with Gasteiger partial charge >= 0.3 is 5.97 Å². The van der Waals surface area contributed by atoms with Crippen LogP contribution < -0.4 is 4.74 Å². The van der Waals surface area contributed by atoms with Crippen molar-refractivity contribution in [2.75, 3.05) is 6.61 Å². The van der Waals surface area contributed by atoms with E-state index in [4.69, 9.17) is 9.47 Å². The van der Waals surface area contributed by atoms with Crippen molar-refractivity contribution in [1.82, 2.24) is 0 Å². The minimum absolute atomic E-state index is 0.290. The molecule has 0 N–H and O–H groups in total. The maximum absolute atomic E-state index is 11.7. The quantitative estimate of drug-likeness (QED) is 0.748. The van der Waals surface area contributed by atoms with Crippen molar-refractivity contribution in [2.45, 2.75) is 26.9 Å². The van der Waals surface area contributed by atoms with Gasteiger partial charge in [0.15, 0.2) is 0 Å². The highest BCUT2D eigenvalue weighted by Gasteiger charge is 2.06. The highest BCUT2D eigenvalue weighted by molar-refractivity contribution is 5.89. The molecule has 0 saturated carbocycles. The third kappa shape index (κ3) is 4.35. The molecule has 0 aliphatic rings. The lowest BCUT2D eigenvalue weighted by molar-refractivity contribution is 0.0505. The van der Waals surface area contributed by atoms with E-state index in [1.54, 1.807) is 24.3 Å². The molecule has 0 aromatic heterocycles. The Morgan fingerprint density at radius 1 is 1.05 bits per heavy atom. The minimum atomic E-state index is -0.290. The van der Waals surface area contributed by atoms with E-state index >= 15 is 0 Å². The second-order valence-corrected chi connectivity index (χ2v) is 4.88. The zero-order valence-electron chi connectivity index (χ0n) is 12.5. The summed E-state index contributed by atoms with van der Waals surface area (Å²) in [6.45, 7) is 5.00. The molecule has 3 nitrogen and oxygen atoms in total. The molecule has 3 heteroatoms. The fourth-order valence-corrected chi connectivity index (χ4v) is 1.90. The molecule has 0 amide bonds. The summed E-state index contributed by atoms with van der Waals surface area (Å²) in [5.41, 5.74) is 2.91. The fraction of sp³-hybridized carbons (Fsp3) is 0.278. The highest BCUT2D eigenvalue weighted by Crippen LogP contribution is 2.16. The summed E-state index contributed by atoms with van der Waals surface area (Å²) in [6.07, 6.45) is 0.823. The predicted molar refractivity (Wildman–Crippen MR) is 82.5 cm³/mol. The number of aryl methyl sites for hydroxylation is 1. The Bertz CT molecular complexity index is 588. The number of esters is 1. The van der Waals surface area contributed by atoms with E-state index in [-0.39, 0.29) is 5.97 Å². The average Bonchev–Trinajstić information content (AvgIpc) is 2.52. The van der Waals surface area contributed by atoms with Gasteiger partial charge in [-0.25, -0.2) is 4.79 Å². The van der Waals surface area contributed by atoms with Crippen LogP contribution in [0, 0.1) is 6.92 Å². The zero-order chi connectivity index (χ0) is 15.1. The van der Waals surface area contributed by atoms with Crippen LogP contribution in [0.1, 0.15) is 34.8 Å². The van der Waals surface area contributed by atoms with E-state index in [0.29, 0.717) is 18.8 Å². The van der Waals surface area contributed by atoms with Gasteiger partial charge in [-0.3, -0.25) is 0 Å². The van der Waals surface area contributed by atoms with Crippen molar-refractivity contribution in [3.63, 3.8) is 0 Å². The zero-order valence-corrected chi connectivity index (χ0v) is 12.5. The summed E-state index contributed by atoms with van der Waals surface area (Å²) >= 11 is 0. The van der Waals surface area contributed by atoms with Crippen molar-refractivity contribution in [1.29, 1.82) is 0 Å². The van der Waals surface area contributed by atoms with Gasteiger partial charge in [0.25, 0.3) is 0 Å². The van der Waals surface area contributed by atoms with Crippen molar-refractivity contribution in [3.05, 3.63) is 65.2 Å². The van der Waals surface area contributed by atoms with Crippen LogP contribution in [-0.4, -0.2) is 12.6 Å². The number of hydrogen-bond donors (Lipinski definition) is 0. The van der Waals surface area contributed by atoms with Crippen molar-refractivity contribution in [2.24, 2.45) is 0 Å². The largest absolute Gasteiger partial charge is 0.489 e. The predicted octanol–water partition coefficient (Wildman–Crippen LogP) is 4.14. The SMILES string of the molecule is CCCOC(=O)c1ccc(OCc2ccccc2C)cc1. The molecule has 0 fully saturated rings. The van der Waals surface area contributed by atoms with Gasteiger partial charge in [-0.15, -0.1) is 0 Å². The molecule has 0 unspecified atom stereocenters. The summed E-state index contributed by atoms with van der Waals surface area (Å²) in [4.78, 5) is 11.7. The Hall–Kier alpha value is -2.29. The van der Waals surface area contributed by atoms with Gasteiger partial charge in [0.05, 0.1) is 12.2 Å². The van der Waals surface area contributed by atoms with Crippen LogP contribution >= 0.6 is 0 Å². The normalized spacial score (nSPS) is 10.2. The molecular formula is C18H20O3. The number of carbonyl (C=O) groups excluding carboxylic acids is 1. The summed E-state index contributed by atoms with van der Waals surface area (Å²) in [5, 5.41) is 0. The van der Waals surface area contributed by atoms with Crippen LogP contribution in [0.2, 0.25) is 0 Å². The van der Waals surface area contributed by atoms with Gasteiger partial charge in [0.2, 0.25) is 0 Å². The summed E-state index contributed by atoms with van der Waals surface area (Å²) < 4.78 is 10.8. The Morgan fingerprint density at radius 2 is 1.76 bits per heavy atom. The molecule has 2 aromatic carbocycles. The molecule has 110 valence electrons. The van der Waals surface area contributed by atoms with Crippen LogP contribution in [0.15, 0.2) is 48.5 Å². The monoisotopic (exact) mass is 284 g/mol. The second kappa shape index (κ2) is 7.48. The van der Waals surface area contributed by atoms with Gasteiger partial charge in [-0.05, 0) is 48.7 Å². The van der Waals surface area contributed by atoms with E-state index in [1.165, 1.54) is 5.56 Å². The number of carbonyl (C=O) groups is 1. The summed E-state index contributed by atoms with van der Waals surface area (Å²) in [5.74, 6) is 0.451. The van der Waals surface area contributed by atoms with Crippen molar-refractivity contribution < 1.29 is 14.3 Å². The Morgan fingerprint density at radius 3 is 2.43 bits per heavy atom. The smallest absolute Gasteiger partial charge is 0.338 e. The maximum Gasteiger partial charge on any atom is 0.338 e. The average molecular weight is 284 g/mol. The first-order valence-electron chi connectivity index (χ1n) is 7.15. The van der Waals surface area contributed by atoms with Gasteiger partial charge < -0.3 is 9.47 Å². The Balaban J connectivity index is 1.93. The molecule has 0 saturated heterocycles. The first kappa shape index (κ1) is 15.1. The third-order valence-corrected chi connectivity index (χ3v) is 3.18. The van der Waals surface area contributed by atoms with Gasteiger partial charge in [-0.2, -0.15) is 0 Å². The molecule has 0 aliphatic heterocycles. The van der Waals surface area contributed by atoms with Crippen LogP contribution in [0.25, 0.3) is 0 Å². The van der Waals surface area contributed by atoms with Crippen molar-refractivity contribution in [3.8, 4) is 5.75 Å². The molecule has 21 heavy (non-hydrogen) atoms. The lowest BCUT2D eigenvalue weighted by Gasteiger charge is -2.09. The fourth-order valence-electron chi connectivity index (χ4n) is 1.90. The number of hydrogen-bond acceptors (Lipinski definition) is 3. The molecule has 2 aromatic rings. The summed E-state index contributed by atoms with van der Waals surface area (Å²) in [6, 6.07) is 15.2. The Labute approximate surface area is 125 Å². The van der Waals surface area contributed by atoms with E-state index in [9.17, 15) is 4.79 Å². The van der Waals surface area contributed by atoms with E-state index < -0.39 is 0 Å². The van der Waals surface area contributed by atoms with Gasteiger partial charge in [0, 0.05) is 0 Å². The minimum Gasteiger partial charge on any atom is -0.489 e. The molecule has 0 spiro atoms. The molecular weight excluding hydrogens is 264 g/mol. The Kier molecular flexibility index (Phi) is 5.38. The van der Waals surface area contributed by atoms with Crippen LogP contribution in [-0.2, 0) is 11.3 Å². The van der Waals surface area contributed by atoms with Gasteiger partial charge in [-0.1, -0.05) is 31.2 Å². The second-order valence-electron chi connectivity index (χ2n) is 4.88. The summed E-state index contributed by atoms with van der Waals surface area (Å²) in [7, 11) is 0. The lowest BCUT2D eigenvalue weighted by Crippen LogP contribution is -2.05. The number of benzene rings is 2. The maximum atomic E-state index is 11.7. The van der Waals surface area contributed by atoms with E-state index in [0.717, 1.165) is 17.7 Å². The van der Waals surface area contributed by atoms with Crippen LogP contribution in [0.5, 0.6) is 5.75 Å². The van der Waals surface area contributed by atoms with Crippen LogP contribution in [0.4, 0.5) is 0 Å². The first-order valence-corrected chi connectivity index (χ1v) is 7.15. The van der Waals surface area contributed by atoms with Crippen LogP contribution in [0.3, 0.4) is 0 Å². The number of rotatable bonds is 6. The molecule has 0 bridgehead atoms. The van der Waals surface area contributed by atoms with E-state index in [1.807, 2.05) is 25.1 Å². The molecule has 0 radical (unpaired) electrons. The molecule has 0 aliphatic carbocycles. The lowest BCUT2D eigenvalue weighted by atomic mass is 10.1. The van der Waals surface area contributed by atoms with Gasteiger partial charge in [0.1, 0.15) is 12.4 Å². The number of ether oxygens (including phenoxy) is 2. The molecule has 0 heterocycles. The standard InChI is InChI=1S/C18H20O3/c1-3-12-20-18(19)15-8-10-17(11-9-15)21-13-16-7-5-4-6-14(16)2/h4-11H,3,12-13H2,1-2H3. The topological polar surface area (TPSA) is 35.5 Å². The first-order chi connectivity index (χ1) is 10.2. The van der Waals surface area contributed by atoms with Crippen molar-refractivity contribution >= 4 is 5.97 Å². The van der Waals surface area contributed by atoms with E-state index in [2.05, 4.69) is 13.0 Å².